The van der Waals surface area contributed by atoms with E-state index in [2.05, 4.69) is 6.92 Å². The number of rotatable bonds is 13. The van der Waals surface area contributed by atoms with Crippen molar-refractivity contribution in [1.82, 2.24) is 0 Å². The molecule has 0 fully saturated rings. The Bertz CT molecular complexity index is 329. The highest BCUT2D eigenvalue weighted by Gasteiger charge is 2.24. The number of carboxylic acids is 1. The minimum atomic E-state index is -0.929. The zero-order chi connectivity index (χ0) is 17.0. The number of carboxylic acid groups (broad SMARTS) is 1. The average molecular weight is 352 g/mol. The maximum atomic E-state index is 11.8. The maximum absolute atomic E-state index is 11.8. The van der Waals surface area contributed by atoms with Gasteiger partial charge in [-0.3, -0.25) is 9.59 Å². The Balaban J connectivity index is 0. The zero-order valence-corrected chi connectivity index (χ0v) is 15.9. The Kier molecular flexibility index (Phi) is 14.5. The molecule has 0 aromatic heterocycles. The van der Waals surface area contributed by atoms with Crippen LogP contribution in [0.25, 0.3) is 0 Å². The molecule has 0 aliphatic carbocycles. The Morgan fingerprint density at radius 2 is 1.52 bits per heavy atom. The highest BCUT2D eigenvalue weighted by Crippen LogP contribution is 2.11. The third-order valence-corrected chi connectivity index (χ3v) is 3.44. The molecule has 0 amide bonds. The summed E-state index contributed by atoms with van der Waals surface area (Å²) in [6.07, 6.45) is 7.76. The van der Waals surface area contributed by atoms with Crippen LogP contribution in [0.5, 0.6) is 0 Å². The van der Waals surface area contributed by atoms with Gasteiger partial charge < -0.3 is 26.7 Å². The quantitative estimate of drug-likeness (QED) is 0.293. The van der Waals surface area contributed by atoms with Gasteiger partial charge in [-0.25, -0.2) is 0 Å². The smallest absolute Gasteiger partial charge is 0.307 e. The lowest BCUT2D eigenvalue weighted by molar-refractivity contribution is -0.873. The van der Waals surface area contributed by atoms with E-state index in [-0.39, 0.29) is 24.8 Å². The summed E-state index contributed by atoms with van der Waals surface area (Å²) in [5, 5.41) is 8.91. The van der Waals surface area contributed by atoms with Crippen LogP contribution >= 0.6 is 0 Å². The predicted molar refractivity (Wildman–Crippen MR) is 87.6 cm³/mol. The second kappa shape index (κ2) is 13.6. The Hall–Kier alpha value is -0.810. The number of ether oxygens (including phenoxy) is 1. The molecule has 1 atom stereocenters. The second-order valence-corrected chi connectivity index (χ2v) is 7.05. The van der Waals surface area contributed by atoms with E-state index in [4.69, 9.17) is 9.84 Å². The molecule has 5 nitrogen and oxygen atoms in total. The molecule has 0 aromatic rings. The number of unbranched alkanes of at least 4 members (excludes halogenated alkanes) is 6. The number of hydrogen-bond acceptors (Lipinski definition) is 3. The van der Waals surface area contributed by atoms with Gasteiger partial charge in [0.05, 0.1) is 27.6 Å². The van der Waals surface area contributed by atoms with E-state index in [1.54, 1.807) is 0 Å². The number of quaternary nitrogens is 1. The minimum Gasteiger partial charge on any atom is -1.00 e. The fourth-order valence-electron chi connectivity index (χ4n) is 2.42. The number of aliphatic carboxylic acids is 1. The van der Waals surface area contributed by atoms with Crippen LogP contribution in [-0.4, -0.2) is 55.3 Å². The van der Waals surface area contributed by atoms with E-state index < -0.39 is 12.1 Å². The number of carbonyl (C=O) groups is 2. The van der Waals surface area contributed by atoms with E-state index in [1.165, 1.54) is 25.7 Å². The SMILES string of the molecule is CCCCCCCCCC(=O)O[C@H](CC(=O)O)C[N+](C)(C)C.[Cl-]. The predicted octanol–water partition coefficient (Wildman–Crippen LogP) is 0.224. The van der Waals surface area contributed by atoms with Gasteiger partial charge in [0.25, 0.3) is 0 Å². The molecule has 0 aliphatic heterocycles. The van der Waals surface area contributed by atoms with Crippen molar-refractivity contribution < 1.29 is 36.3 Å². The maximum Gasteiger partial charge on any atom is 0.307 e. The number of hydrogen-bond donors (Lipinski definition) is 1. The monoisotopic (exact) mass is 351 g/mol. The molecule has 0 saturated carbocycles. The Labute approximate surface area is 147 Å². The molecule has 0 saturated heterocycles. The molecular weight excluding hydrogens is 318 g/mol. The summed E-state index contributed by atoms with van der Waals surface area (Å²) in [5.41, 5.74) is 0. The molecule has 0 aromatic carbocycles. The van der Waals surface area contributed by atoms with Gasteiger partial charge in [-0.2, -0.15) is 0 Å². The van der Waals surface area contributed by atoms with Gasteiger partial charge in [-0.1, -0.05) is 45.4 Å². The third-order valence-electron chi connectivity index (χ3n) is 3.44. The van der Waals surface area contributed by atoms with Crippen LogP contribution in [0.2, 0.25) is 0 Å². The van der Waals surface area contributed by atoms with Crippen LogP contribution in [0.15, 0.2) is 0 Å². The van der Waals surface area contributed by atoms with Crippen LogP contribution in [0, 0.1) is 0 Å². The Morgan fingerprint density at radius 3 is 2.00 bits per heavy atom. The molecule has 0 bridgehead atoms. The molecule has 0 heterocycles. The molecule has 6 heteroatoms. The number of esters is 1. The van der Waals surface area contributed by atoms with Gasteiger partial charge >= 0.3 is 11.9 Å². The normalized spacial score (nSPS) is 12.3. The van der Waals surface area contributed by atoms with Crippen molar-refractivity contribution in [2.75, 3.05) is 27.7 Å². The fourth-order valence-corrected chi connectivity index (χ4v) is 2.42. The van der Waals surface area contributed by atoms with E-state index in [1.807, 2.05) is 21.1 Å². The third kappa shape index (κ3) is 17.4. The first-order chi connectivity index (χ1) is 10.2. The molecule has 0 rings (SSSR count). The van der Waals surface area contributed by atoms with Crippen molar-refractivity contribution in [3.63, 3.8) is 0 Å². The van der Waals surface area contributed by atoms with Crippen LogP contribution < -0.4 is 12.4 Å². The van der Waals surface area contributed by atoms with Gasteiger partial charge in [0.1, 0.15) is 6.54 Å². The topological polar surface area (TPSA) is 63.6 Å². The number of nitrogens with zero attached hydrogens (tertiary/aromatic N) is 1. The second-order valence-electron chi connectivity index (χ2n) is 7.05. The molecule has 0 radical (unpaired) electrons. The van der Waals surface area contributed by atoms with E-state index in [0.29, 0.717) is 17.4 Å². The zero-order valence-electron chi connectivity index (χ0n) is 15.1. The van der Waals surface area contributed by atoms with Gasteiger partial charge in [0.2, 0.25) is 0 Å². The molecule has 0 unspecified atom stereocenters. The Morgan fingerprint density at radius 1 is 1.00 bits per heavy atom. The lowest BCUT2D eigenvalue weighted by atomic mass is 10.1. The lowest BCUT2D eigenvalue weighted by Crippen LogP contribution is -3.00. The van der Waals surface area contributed by atoms with Gasteiger partial charge in [0.15, 0.2) is 6.10 Å². The average Bonchev–Trinajstić information content (AvgIpc) is 2.34. The summed E-state index contributed by atoms with van der Waals surface area (Å²) < 4.78 is 5.92. The van der Waals surface area contributed by atoms with E-state index in [0.717, 1.165) is 19.3 Å². The highest BCUT2D eigenvalue weighted by atomic mass is 35.5. The molecule has 0 spiro atoms. The summed E-state index contributed by atoms with van der Waals surface area (Å²) >= 11 is 0. The standard InChI is InChI=1S/C17H33NO4.ClH/c1-5-6-7-8-9-10-11-12-17(21)22-15(13-16(19)20)14-18(2,3)4;/h15H,5-14H2,1-4H3;1H/t15-;/m1./s1. The first-order valence-corrected chi connectivity index (χ1v) is 8.46. The lowest BCUT2D eigenvalue weighted by Gasteiger charge is -2.28. The van der Waals surface area contributed by atoms with Crippen molar-refractivity contribution in [3.05, 3.63) is 0 Å². The van der Waals surface area contributed by atoms with Crippen molar-refractivity contribution in [2.24, 2.45) is 0 Å². The van der Waals surface area contributed by atoms with E-state index in [9.17, 15) is 9.59 Å². The van der Waals surface area contributed by atoms with Gasteiger partial charge in [0, 0.05) is 6.42 Å². The minimum absolute atomic E-state index is 0. The van der Waals surface area contributed by atoms with E-state index >= 15 is 0 Å². The van der Waals surface area contributed by atoms with Gasteiger partial charge in [-0.15, -0.1) is 0 Å². The molecule has 23 heavy (non-hydrogen) atoms. The van der Waals surface area contributed by atoms with Gasteiger partial charge in [-0.05, 0) is 6.42 Å². The van der Waals surface area contributed by atoms with Crippen LogP contribution in [0.1, 0.15) is 64.7 Å². The van der Waals surface area contributed by atoms with Crippen LogP contribution in [0.3, 0.4) is 0 Å². The van der Waals surface area contributed by atoms with Crippen molar-refractivity contribution in [1.29, 1.82) is 0 Å². The molecular formula is C17H34ClNO4. The largest absolute Gasteiger partial charge is 1.00 e. The highest BCUT2D eigenvalue weighted by molar-refractivity contribution is 5.71. The molecule has 138 valence electrons. The summed E-state index contributed by atoms with van der Waals surface area (Å²) in [6, 6.07) is 0. The van der Waals surface area contributed by atoms with Crippen molar-refractivity contribution >= 4 is 11.9 Å². The van der Waals surface area contributed by atoms with Crippen molar-refractivity contribution in [3.8, 4) is 0 Å². The van der Waals surface area contributed by atoms with Crippen molar-refractivity contribution in [2.45, 2.75) is 70.8 Å². The summed E-state index contributed by atoms with van der Waals surface area (Å²) in [4.78, 5) is 22.7. The molecule has 1 N–H and O–H groups in total. The fraction of sp³-hybridized carbons (Fsp3) is 0.882. The summed E-state index contributed by atoms with van der Waals surface area (Å²) in [6.45, 7) is 2.70. The summed E-state index contributed by atoms with van der Waals surface area (Å²) in [7, 11) is 5.87. The first-order valence-electron chi connectivity index (χ1n) is 8.46. The van der Waals surface area contributed by atoms with Crippen LogP contribution in [-0.2, 0) is 14.3 Å². The van der Waals surface area contributed by atoms with Crippen LogP contribution in [0.4, 0.5) is 0 Å². The first kappa shape index (κ1) is 24.4. The summed E-state index contributed by atoms with van der Waals surface area (Å²) in [5.74, 6) is -1.20. The molecule has 0 aliphatic rings. The number of carbonyl (C=O) groups excluding carboxylic acids is 1. The number of halogens is 1. The number of likely N-dealkylation sites (N-methyl/N-ethyl adjacent to an activating group) is 1.